The molecule has 4 heteroatoms. The van der Waals surface area contributed by atoms with E-state index in [9.17, 15) is 4.39 Å². The molecule has 0 spiro atoms. The first-order valence-electron chi connectivity index (χ1n) is 7.35. The zero-order valence-corrected chi connectivity index (χ0v) is 12.8. The molecule has 3 nitrogen and oxygen atoms in total. The predicted octanol–water partition coefficient (Wildman–Crippen LogP) is 4.08. The largest absolute Gasteiger partial charge is 0.494 e. The summed E-state index contributed by atoms with van der Waals surface area (Å²) in [5.74, 6) is 1.68. The summed E-state index contributed by atoms with van der Waals surface area (Å²) in [4.78, 5) is 0. The fraction of sp³-hybridized carbons (Fsp3) is 0.412. The third-order valence-corrected chi connectivity index (χ3v) is 3.42. The van der Waals surface area contributed by atoms with E-state index in [0.29, 0.717) is 0 Å². The molecule has 0 aliphatic heterocycles. The lowest BCUT2D eigenvalue weighted by Gasteiger charge is -2.18. The van der Waals surface area contributed by atoms with E-state index in [2.05, 4.69) is 19.2 Å². The molecule has 114 valence electrons. The molecular weight excluding hydrogens is 269 g/mol. The van der Waals surface area contributed by atoms with Crippen molar-refractivity contribution >= 4 is 0 Å². The Bertz CT molecular complexity index is 580. The molecule has 0 aliphatic carbocycles. The maximum Gasteiger partial charge on any atom is 0.165 e. The summed E-state index contributed by atoms with van der Waals surface area (Å²) in [5.41, 5.74) is 0.929. The topological polar surface area (TPSA) is 34.4 Å². The van der Waals surface area contributed by atoms with Crippen LogP contribution in [0.1, 0.15) is 43.4 Å². The fourth-order valence-electron chi connectivity index (χ4n) is 2.27. The molecule has 0 bridgehead atoms. The van der Waals surface area contributed by atoms with E-state index in [4.69, 9.17) is 9.15 Å². The van der Waals surface area contributed by atoms with E-state index in [0.717, 1.165) is 36.5 Å². The van der Waals surface area contributed by atoms with E-state index in [1.807, 2.05) is 12.1 Å². The van der Waals surface area contributed by atoms with Gasteiger partial charge < -0.3 is 14.5 Å². The molecular formula is C17H22FNO2. The molecule has 21 heavy (non-hydrogen) atoms. The van der Waals surface area contributed by atoms with Crippen LogP contribution in [0.25, 0.3) is 0 Å². The zero-order chi connectivity index (χ0) is 15.2. The molecule has 0 radical (unpaired) electrons. The molecule has 1 N–H and O–H groups in total. The summed E-state index contributed by atoms with van der Waals surface area (Å²) in [5, 5.41) is 3.44. The third-order valence-electron chi connectivity index (χ3n) is 3.42. The molecule has 2 rings (SSSR count). The van der Waals surface area contributed by atoms with Gasteiger partial charge in [-0.05, 0) is 42.8 Å². The van der Waals surface area contributed by atoms with Crippen molar-refractivity contribution < 1.29 is 13.5 Å². The number of ether oxygens (including phenoxy) is 1. The van der Waals surface area contributed by atoms with Crippen LogP contribution in [0.2, 0.25) is 0 Å². The standard InChI is InChI=1S/C17H22FNO2/c1-4-10-19-17(15-9-7-13(5-2)21-15)12-6-8-14(18)16(11-12)20-3/h6-9,11,17,19H,4-5,10H2,1-3H3. The number of nitrogens with one attached hydrogen (secondary N) is 1. The van der Waals surface area contributed by atoms with Crippen LogP contribution in [0.5, 0.6) is 5.75 Å². The first-order valence-corrected chi connectivity index (χ1v) is 7.35. The van der Waals surface area contributed by atoms with Crippen molar-refractivity contribution in [2.75, 3.05) is 13.7 Å². The Morgan fingerprint density at radius 2 is 2.05 bits per heavy atom. The lowest BCUT2D eigenvalue weighted by molar-refractivity contribution is 0.383. The monoisotopic (exact) mass is 291 g/mol. The zero-order valence-electron chi connectivity index (χ0n) is 12.8. The van der Waals surface area contributed by atoms with Crippen molar-refractivity contribution in [2.45, 2.75) is 32.7 Å². The summed E-state index contributed by atoms with van der Waals surface area (Å²) >= 11 is 0. The average molecular weight is 291 g/mol. The van der Waals surface area contributed by atoms with Gasteiger partial charge in [0.2, 0.25) is 0 Å². The second kappa shape index (κ2) is 7.27. The van der Waals surface area contributed by atoms with Crippen molar-refractivity contribution in [1.29, 1.82) is 0 Å². The highest BCUT2D eigenvalue weighted by molar-refractivity contribution is 5.35. The Kier molecular flexibility index (Phi) is 5.39. The van der Waals surface area contributed by atoms with Gasteiger partial charge in [-0.2, -0.15) is 0 Å². The molecule has 0 amide bonds. The van der Waals surface area contributed by atoms with Gasteiger partial charge in [-0.15, -0.1) is 0 Å². The highest BCUT2D eigenvalue weighted by Gasteiger charge is 2.19. The first-order chi connectivity index (χ1) is 10.2. The van der Waals surface area contributed by atoms with E-state index >= 15 is 0 Å². The summed E-state index contributed by atoms with van der Waals surface area (Å²) in [6, 6.07) is 8.77. The molecule has 0 aliphatic rings. The van der Waals surface area contributed by atoms with Crippen LogP contribution >= 0.6 is 0 Å². The van der Waals surface area contributed by atoms with E-state index < -0.39 is 0 Å². The van der Waals surface area contributed by atoms with Gasteiger partial charge in [0.15, 0.2) is 11.6 Å². The maximum atomic E-state index is 13.6. The summed E-state index contributed by atoms with van der Waals surface area (Å²) in [6.45, 7) is 5.01. The van der Waals surface area contributed by atoms with E-state index in [-0.39, 0.29) is 17.6 Å². The van der Waals surface area contributed by atoms with Gasteiger partial charge in [0.25, 0.3) is 0 Å². The highest BCUT2D eigenvalue weighted by atomic mass is 19.1. The first kappa shape index (κ1) is 15.6. The van der Waals surface area contributed by atoms with Gasteiger partial charge in [0, 0.05) is 6.42 Å². The van der Waals surface area contributed by atoms with Crippen LogP contribution in [0, 0.1) is 5.82 Å². The van der Waals surface area contributed by atoms with Gasteiger partial charge in [-0.1, -0.05) is 19.9 Å². The van der Waals surface area contributed by atoms with Crippen molar-refractivity contribution in [3.63, 3.8) is 0 Å². The number of rotatable bonds is 7. The number of aryl methyl sites for hydroxylation is 1. The molecule has 0 saturated carbocycles. The minimum absolute atomic E-state index is 0.0975. The number of halogens is 1. The Labute approximate surface area is 125 Å². The smallest absolute Gasteiger partial charge is 0.165 e. The van der Waals surface area contributed by atoms with E-state index in [1.165, 1.54) is 13.2 Å². The molecule has 1 heterocycles. The van der Waals surface area contributed by atoms with Crippen LogP contribution in [-0.2, 0) is 6.42 Å². The van der Waals surface area contributed by atoms with E-state index in [1.54, 1.807) is 12.1 Å². The van der Waals surface area contributed by atoms with Gasteiger partial charge in [0.05, 0.1) is 13.2 Å². The third kappa shape index (κ3) is 3.64. The van der Waals surface area contributed by atoms with Crippen LogP contribution in [0.3, 0.4) is 0 Å². The number of benzene rings is 1. The van der Waals surface area contributed by atoms with Crippen molar-refractivity contribution in [2.24, 2.45) is 0 Å². The average Bonchev–Trinajstić information content (AvgIpc) is 2.98. The molecule has 0 saturated heterocycles. The normalized spacial score (nSPS) is 12.4. The second-order valence-corrected chi connectivity index (χ2v) is 4.94. The lowest BCUT2D eigenvalue weighted by atomic mass is 10.0. The minimum atomic E-state index is -0.357. The number of methoxy groups -OCH3 is 1. The SMILES string of the molecule is CCCNC(c1ccc(F)c(OC)c1)c1ccc(CC)o1. The highest BCUT2D eigenvalue weighted by Crippen LogP contribution is 2.28. The fourth-order valence-corrected chi connectivity index (χ4v) is 2.27. The Hall–Kier alpha value is -1.81. The van der Waals surface area contributed by atoms with Crippen LogP contribution in [-0.4, -0.2) is 13.7 Å². The van der Waals surface area contributed by atoms with Gasteiger partial charge in [-0.3, -0.25) is 0 Å². The molecule has 1 unspecified atom stereocenters. The predicted molar refractivity (Wildman–Crippen MR) is 81.2 cm³/mol. The molecule has 1 aromatic carbocycles. The van der Waals surface area contributed by atoms with Crippen molar-refractivity contribution in [1.82, 2.24) is 5.32 Å². The molecule has 1 aromatic heterocycles. The number of hydrogen-bond donors (Lipinski definition) is 1. The minimum Gasteiger partial charge on any atom is -0.494 e. The lowest BCUT2D eigenvalue weighted by Crippen LogP contribution is -2.22. The van der Waals surface area contributed by atoms with Crippen LogP contribution in [0.15, 0.2) is 34.7 Å². The van der Waals surface area contributed by atoms with Crippen LogP contribution in [0.4, 0.5) is 4.39 Å². The summed E-state index contributed by atoms with van der Waals surface area (Å²) in [7, 11) is 1.47. The molecule has 1 atom stereocenters. The molecule has 2 aromatic rings. The number of hydrogen-bond acceptors (Lipinski definition) is 3. The van der Waals surface area contributed by atoms with Gasteiger partial charge in [0.1, 0.15) is 11.5 Å². The number of furan rings is 1. The Morgan fingerprint density at radius 1 is 1.24 bits per heavy atom. The Balaban J connectivity index is 2.34. The van der Waals surface area contributed by atoms with Crippen molar-refractivity contribution in [3.05, 3.63) is 53.2 Å². The quantitative estimate of drug-likeness (QED) is 0.834. The molecule has 0 fully saturated rings. The Morgan fingerprint density at radius 3 is 2.67 bits per heavy atom. The summed E-state index contributed by atoms with van der Waals surface area (Å²) < 4.78 is 24.5. The summed E-state index contributed by atoms with van der Waals surface area (Å²) in [6.07, 6.45) is 1.86. The maximum absolute atomic E-state index is 13.6. The van der Waals surface area contributed by atoms with Gasteiger partial charge >= 0.3 is 0 Å². The van der Waals surface area contributed by atoms with Gasteiger partial charge in [-0.25, -0.2) is 4.39 Å². The van der Waals surface area contributed by atoms with Crippen LogP contribution < -0.4 is 10.1 Å². The second-order valence-electron chi connectivity index (χ2n) is 4.94. The van der Waals surface area contributed by atoms with Crippen molar-refractivity contribution in [3.8, 4) is 5.75 Å².